The first-order chi connectivity index (χ1) is 9.48. The van der Waals surface area contributed by atoms with E-state index in [1.165, 1.54) is 11.1 Å². The van der Waals surface area contributed by atoms with Gasteiger partial charge in [0.1, 0.15) is 0 Å². The molecule has 0 amide bonds. The third kappa shape index (κ3) is 2.38. The minimum Gasteiger partial charge on any atom is -0.375 e. The lowest BCUT2D eigenvalue weighted by molar-refractivity contribution is -0.0170. The van der Waals surface area contributed by atoms with Crippen LogP contribution in [0.3, 0.4) is 0 Å². The van der Waals surface area contributed by atoms with Crippen molar-refractivity contribution in [3.63, 3.8) is 0 Å². The van der Waals surface area contributed by atoms with E-state index in [1.807, 2.05) is 26.0 Å². The zero-order valence-corrected chi connectivity index (χ0v) is 12.8. The van der Waals surface area contributed by atoms with Crippen LogP contribution in [0, 0.1) is 0 Å². The maximum atomic E-state index is 12.8. The molecule has 1 aromatic carbocycles. The molecule has 1 saturated heterocycles. The molecule has 2 aliphatic rings. The second kappa shape index (κ2) is 5.13. The summed E-state index contributed by atoms with van der Waals surface area (Å²) in [5.74, 6) is 0. The second-order valence-electron chi connectivity index (χ2n) is 5.85. The largest absolute Gasteiger partial charge is 0.375 e. The number of morpholine rings is 1. The summed E-state index contributed by atoms with van der Waals surface area (Å²) in [5, 5.41) is 0. The molecule has 20 heavy (non-hydrogen) atoms. The molecule has 0 N–H and O–H groups in total. The standard InChI is InChI=1S/C15H21NO3S/c1-11-10-19-12(2)9-16(11)20(17,18)15-7-6-13-4-3-5-14(13)8-15/h6-8,11-12H,3-5,9-10H2,1-2H3. The summed E-state index contributed by atoms with van der Waals surface area (Å²) in [6.07, 6.45) is 3.15. The number of nitrogens with zero attached hydrogens (tertiary/aromatic N) is 1. The Balaban J connectivity index is 1.95. The van der Waals surface area contributed by atoms with Crippen molar-refractivity contribution >= 4 is 10.0 Å². The predicted molar refractivity (Wildman–Crippen MR) is 77.2 cm³/mol. The molecule has 110 valence electrons. The van der Waals surface area contributed by atoms with Gasteiger partial charge in [-0.1, -0.05) is 6.07 Å². The van der Waals surface area contributed by atoms with Crippen LogP contribution in [0.15, 0.2) is 23.1 Å². The van der Waals surface area contributed by atoms with Crippen molar-refractivity contribution in [2.45, 2.75) is 50.2 Å². The number of rotatable bonds is 2. The fraction of sp³-hybridized carbons (Fsp3) is 0.600. The molecule has 0 saturated carbocycles. The Bertz CT molecular complexity index is 612. The van der Waals surface area contributed by atoms with Crippen molar-refractivity contribution in [3.8, 4) is 0 Å². The maximum absolute atomic E-state index is 12.8. The minimum atomic E-state index is -3.41. The van der Waals surface area contributed by atoms with Crippen LogP contribution in [-0.2, 0) is 27.6 Å². The van der Waals surface area contributed by atoms with Gasteiger partial charge in [-0.3, -0.25) is 0 Å². The fourth-order valence-electron chi connectivity index (χ4n) is 3.05. The van der Waals surface area contributed by atoms with Gasteiger partial charge in [0.05, 0.1) is 17.6 Å². The molecule has 1 aromatic rings. The van der Waals surface area contributed by atoms with Crippen molar-refractivity contribution in [3.05, 3.63) is 29.3 Å². The van der Waals surface area contributed by atoms with E-state index < -0.39 is 10.0 Å². The number of sulfonamides is 1. The third-order valence-electron chi connectivity index (χ3n) is 4.23. The molecule has 1 aliphatic carbocycles. The van der Waals surface area contributed by atoms with Gasteiger partial charge in [0, 0.05) is 12.6 Å². The Morgan fingerprint density at radius 1 is 1.20 bits per heavy atom. The molecule has 0 aromatic heterocycles. The Hall–Kier alpha value is -0.910. The predicted octanol–water partition coefficient (Wildman–Crippen LogP) is 1.97. The summed E-state index contributed by atoms with van der Waals surface area (Å²) in [4.78, 5) is 0.430. The molecular formula is C15H21NO3S. The zero-order valence-electron chi connectivity index (χ0n) is 12.0. The van der Waals surface area contributed by atoms with Crippen LogP contribution in [0.4, 0.5) is 0 Å². The average Bonchev–Trinajstić information content (AvgIpc) is 2.88. The smallest absolute Gasteiger partial charge is 0.243 e. The molecule has 5 heteroatoms. The van der Waals surface area contributed by atoms with Crippen molar-refractivity contribution in [1.82, 2.24) is 4.31 Å². The normalized spacial score (nSPS) is 27.5. The second-order valence-corrected chi connectivity index (χ2v) is 7.74. The first-order valence-electron chi connectivity index (χ1n) is 7.24. The lowest BCUT2D eigenvalue weighted by Gasteiger charge is -2.35. The maximum Gasteiger partial charge on any atom is 0.243 e. The molecular weight excluding hydrogens is 274 g/mol. The third-order valence-corrected chi connectivity index (χ3v) is 6.20. The minimum absolute atomic E-state index is 0.0459. The topological polar surface area (TPSA) is 46.6 Å². The molecule has 4 nitrogen and oxygen atoms in total. The number of hydrogen-bond acceptors (Lipinski definition) is 3. The highest BCUT2D eigenvalue weighted by Crippen LogP contribution is 2.28. The summed E-state index contributed by atoms with van der Waals surface area (Å²) in [5.41, 5.74) is 2.49. The van der Waals surface area contributed by atoms with Gasteiger partial charge in [0.15, 0.2) is 0 Å². The first kappa shape index (κ1) is 14.0. The van der Waals surface area contributed by atoms with Crippen molar-refractivity contribution in [2.75, 3.05) is 13.2 Å². The number of hydrogen-bond donors (Lipinski definition) is 0. The lowest BCUT2D eigenvalue weighted by Crippen LogP contribution is -2.50. The monoisotopic (exact) mass is 295 g/mol. The summed E-state index contributed by atoms with van der Waals surface area (Å²) < 4.78 is 32.7. The van der Waals surface area contributed by atoms with Crippen molar-refractivity contribution < 1.29 is 13.2 Å². The fourth-order valence-corrected chi connectivity index (χ4v) is 4.79. The van der Waals surface area contributed by atoms with Crippen LogP contribution in [0.2, 0.25) is 0 Å². The van der Waals surface area contributed by atoms with E-state index in [0.29, 0.717) is 18.0 Å². The van der Waals surface area contributed by atoms with Crippen LogP contribution < -0.4 is 0 Å². The Morgan fingerprint density at radius 2 is 1.95 bits per heavy atom. The molecule has 3 rings (SSSR count). The van der Waals surface area contributed by atoms with Crippen LogP contribution in [0.1, 0.15) is 31.4 Å². The summed E-state index contributed by atoms with van der Waals surface area (Å²) >= 11 is 0. The Labute approximate surface area is 120 Å². The van der Waals surface area contributed by atoms with E-state index in [2.05, 4.69) is 0 Å². The quantitative estimate of drug-likeness (QED) is 0.838. The molecule has 0 bridgehead atoms. The lowest BCUT2D eigenvalue weighted by atomic mass is 10.1. The zero-order chi connectivity index (χ0) is 14.3. The van der Waals surface area contributed by atoms with E-state index in [0.717, 1.165) is 19.3 Å². The molecule has 1 fully saturated rings. The van der Waals surface area contributed by atoms with Gasteiger partial charge in [-0.2, -0.15) is 4.31 Å². The summed E-state index contributed by atoms with van der Waals surface area (Å²) in [7, 11) is -3.41. The Morgan fingerprint density at radius 3 is 2.75 bits per heavy atom. The van der Waals surface area contributed by atoms with Gasteiger partial charge in [-0.15, -0.1) is 0 Å². The highest BCUT2D eigenvalue weighted by atomic mass is 32.2. The first-order valence-corrected chi connectivity index (χ1v) is 8.68. The molecule has 0 spiro atoms. The molecule has 0 radical (unpaired) electrons. The highest BCUT2D eigenvalue weighted by molar-refractivity contribution is 7.89. The number of aryl methyl sites for hydroxylation is 2. The van der Waals surface area contributed by atoms with Gasteiger partial charge >= 0.3 is 0 Å². The van der Waals surface area contributed by atoms with Gasteiger partial charge in [0.2, 0.25) is 10.0 Å². The van der Waals surface area contributed by atoms with Crippen LogP contribution >= 0.6 is 0 Å². The van der Waals surface area contributed by atoms with E-state index in [1.54, 1.807) is 10.4 Å². The van der Waals surface area contributed by atoms with Crippen LogP contribution in [0.5, 0.6) is 0 Å². The average molecular weight is 295 g/mol. The van der Waals surface area contributed by atoms with Crippen LogP contribution in [0.25, 0.3) is 0 Å². The number of fused-ring (bicyclic) bond motifs is 1. The van der Waals surface area contributed by atoms with Crippen molar-refractivity contribution in [2.24, 2.45) is 0 Å². The molecule has 2 atom stereocenters. The summed E-state index contributed by atoms with van der Waals surface area (Å²) in [6, 6.07) is 5.49. The number of ether oxygens (including phenoxy) is 1. The van der Waals surface area contributed by atoms with Gasteiger partial charge in [-0.05, 0) is 56.4 Å². The van der Waals surface area contributed by atoms with E-state index in [9.17, 15) is 8.42 Å². The van der Waals surface area contributed by atoms with E-state index in [4.69, 9.17) is 4.74 Å². The highest BCUT2D eigenvalue weighted by Gasteiger charge is 2.34. The van der Waals surface area contributed by atoms with Gasteiger partial charge in [-0.25, -0.2) is 8.42 Å². The van der Waals surface area contributed by atoms with Gasteiger partial charge < -0.3 is 4.74 Å². The summed E-state index contributed by atoms with van der Waals surface area (Å²) in [6.45, 7) is 4.71. The molecule has 1 heterocycles. The Kier molecular flexibility index (Phi) is 3.60. The number of benzene rings is 1. The van der Waals surface area contributed by atoms with Crippen molar-refractivity contribution in [1.29, 1.82) is 0 Å². The van der Waals surface area contributed by atoms with Crippen LogP contribution in [-0.4, -0.2) is 38.0 Å². The van der Waals surface area contributed by atoms with Gasteiger partial charge in [0.25, 0.3) is 0 Å². The molecule has 1 aliphatic heterocycles. The van der Waals surface area contributed by atoms with E-state index in [-0.39, 0.29) is 12.1 Å². The van der Waals surface area contributed by atoms with E-state index >= 15 is 0 Å². The molecule has 2 unspecified atom stereocenters. The SMILES string of the molecule is CC1CN(S(=O)(=O)c2ccc3c(c2)CCC3)C(C)CO1.